The molecule has 0 amide bonds. The van der Waals surface area contributed by atoms with Gasteiger partial charge in [-0.25, -0.2) is 0 Å². The average molecular weight is 252 g/mol. The van der Waals surface area contributed by atoms with Gasteiger partial charge in [0, 0.05) is 37.3 Å². The number of benzene rings is 1. The third kappa shape index (κ3) is 2.96. The van der Waals surface area contributed by atoms with Crippen molar-refractivity contribution in [2.75, 3.05) is 13.1 Å². The highest BCUT2D eigenvalue weighted by molar-refractivity contribution is 5.42. The quantitative estimate of drug-likeness (QED) is 0.624. The van der Waals surface area contributed by atoms with E-state index in [0.717, 1.165) is 13.1 Å². The Morgan fingerprint density at radius 3 is 2.67 bits per heavy atom. The molecule has 1 fully saturated rings. The molecule has 2 rings (SSSR count). The van der Waals surface area contributed by atoms with Crippen LogP contribution in [0, 0.1) is 10.1 Å². The van der Waals surface area contributed by atoms with E-state index < -0.39 is 4.92 Å². The average Bonchev–Trinajstić information content (AvgIpc) is 2.34. The predicted octanol–water partition coefficient (Wildman–Crippen LogP) is 1.26. The zero-order valence-electron chi connectivity index (χ0n) is 9.95. The van der Waals surface area contributed by atoms with Crippen molar-refractivity contribution in [1.29, 1.82) is 0 Å². The molecular formula is C12H16N2O4. The van der Waals surface area contributed by atoms with Crippen molar-refractivity contribution in [2.45, 2.75) is 25.5 Å². The number of phenols is 1. The Labute approximate surface area is 105 Å². The number of non-ortho nitro benzene ring substituents is 1. The molecule has 0 atom stereocenters. The second kappa shape index (κ2) is 5.32. The molecular weight excluding hydrogens is 236 g/mol. The molecule has 0 saturated carbocycles. The number of piperidine rings is 1. The summed E-state index contributed by atoms with van der Waals surface area (Å²) in [5.41, 5.74) is 0.542. The van der Waals surface area contributed by atoms with Crippen LogP contribution in [0.2, 0.25) is 0 Å². The predicted molar refractivity (Wildman–Crippen MR) is 65.3 cm³/mol. The Morgan fingerprint density at radius 1 is 1.39 bits per heavy atom. The van der Waals surface area contributed by atoms with Gasteiger partial charge in [0.15, 0.2) is 0 Å². The number of rotatable bonds is 3. The highest BCUT2D eigenvalue weighted by Crippen LogP contribution is 2.25. The van der Waals surface area contributed by atoms with Gasteiger partial charge >= 0.3 is 0 Å². The summed E-state index contributed by atoms with van der Waals surface area (Å²) >= 11 is 0. The number of hydrogen-bond donors (Lipinski definition) is 2. The SMILES string of the molecule is O=[N+]([O-])c1ccc(O)c(CN2CCC(O)CC2)c1. The summed E-state index contributed by atoms with van der Waals surface area (Å²) < 4.78 is 0. The van der Waals surface area contributed by atoms with Crippen LogP contribution in [0.3, 0.4) is 0 Å². The van der Waals surface area contributed by atoms with E-state index in [1.165, 1.54) is 18.2 Å². The Hall–Kier alpha value is -1.66. The summed E-state index contributed by atoms with van der Waals surface area (Å²) in [5.74, 6) is 0.0757. The number of aliphatic hydroxyl groups excluding tert-OH is 1. The molecule has 0 spiro atoms. The number of nitro benzene ring substituents is 1. The Balaban J connectivity index is 2.08. The summed E-state index contributed by atoms with van der Waals surface area (Å²) in [4.78, 5) is 12.3. The van der Waals surface area contributed by atoms with E-state index in [4.69, 9.17) is 0 Å². The number of aromatic hydroxyl groups is 1. The molecule has 0 unspecified atom stereocenters. The Kier molecular flexibility index (Phi) is 3.78. The van der Waals surface area contributed by atoms with Crippen LogP contribution >= 0.6 is 0 Å². The fourth-order valence-corrected chi connectivity index (χ4v) is 2.13. The van der Waals surface area contributed by atoms with Crippen molar-refractivity contribution in [1.82, 2.24) is 4.90 Å². The number of phenolic OH excluding ortho intramolecular Hbond substituents is 1. The van der Waals surface area contributed by atoms with E-state index in [0.29, 0.717) is 24.9 Å². The van der Waals surface area contributed by atoms with Gasteiger partial charge in [0.2, 0.25) is 0 Å². The van der Waals surface area contributed by atoms with Gasteiger partial charge < -0.3 is 10.2 Å². The minimum atomic E-state index is -0.469. The molecule has 6 heteroatoms. The topological polar surface area (TPSA) is 86.8 Å². The van der Waals surface area contributed by atoms with Crippen LogP contribution in [0.1, 0.15) is 18.4 Å². The molecule has 1 aliphatic heterocycles. The van der Waals surface area contributed by atoms with Gasteiger partial charge in [-0.2, -0.15) is 0 Å². The summed E-state index contributed by atoms with van der Waals surface area (Å²) in [5, 5.41) is 29.8. The smallest absolute Gasteiger partial charge is 0.270 e. The summed E-state index contributed by atoms with van der Waals surface area (Å²) in [6, 6.07) is 4.05. The lowest BCUT2D eigenvalue weighted by molar-refractivity contribution is -0.385. The third-order valence-corrected chi connectivity index (χ3v) is 3.22. The molecule has 18 heavy (non-hydrogen) atoms. The van der Waals surface area contributed by atoms with Crippen molar-refractivity contribution in [3.05, 3.63) is 33.9 Å². The van der Waals surface area contributed by atoms with E-state index in [9.17, 15) is 20.3 Å². The van der Waals surface area contributed by atoms with E-state index in [1.54, 1.807) is 0 Å². The normalized spacial score (nSPS) is 17.8. The molecule has 1 aliphatic rings. The van der Waals surface area contributed by atoms with Crippen LogP contribution in [-0.4, -0.2) is 39.2 Å². The van der Waals surface area contributed by atoms with Crippen LogP contribution in [-0.2, 0) is 6.54 Å². The van der Waals surface area contributed by atoms with Crippen LogP contribution in [0.15, 0.2) is 18.2 Å². The summed E-state index contributed by atoms with van der Waals surface area (Å²) in [6.45, 7) is 1.95. The maximum Gasteiger partial charge on any atom is 0.270 e. The van der Waals surface area contributed by atoms with Crippen molar-refractivity contribution >= 4 is 5.69 Å². The van der Waals surface area contributed by atoms with Gasteiger partial charge in [-0.05, 0) is 18.9 Å². The molecule has 1 aromatic carbocycles. The lowest BCUT2D eigenvalue weighted by atomic mass is 10.1. The largest absolute Gasteiger partial charge is 0.508 e. The van der Waals surface area contributed by atoms with Crippen LogP contribution in [0.5, 0.6) is 5.75 Å². The summed E-state index contributed by atoms with van der Waals surface area (Å²) in [6.07, 6.45) is 1.16. The van der Waals surface area contributed by atoms with Gasteiger partial charge in [-0.3, -0.25) is 15.0 Å². The van der Waals surface area contributed by atoms with Gasteiger partial charge in [-0.15, -0.1) is 0 Å². The van der Waals surface area contributed by atoms with E-state index in [1.807, 2.05) is 0 Å². The molecule has 0 aromatic heterocycles. The van der Waals surface area contributed by atoms with Gasteiger partial charge in [0.05, 0.1) is 11.0 Å². The minimum absolute atomic E-state index is 0.0140. The van der Waals surface area contributed by atoms with Gasteiger partial charge in [0.1, 0.15) is 5.75 Å². The second-order valence-corrected chi connectivity index (χ2v) is 4.58. The number of likely N-dealkylation sites (tertiary alicyclic amines) is 1. The molecule has 1 aromatic rings. The number of nitrogens with zero attached hydrogens (tertiary/aromatic N) is 2. The van der Waals surface area contributed by atoms with Crippen molar-refractivity contribution in [2.24, 2.45) is 0 Å². The molecule has 2 N–H and O–H groups in total. The van der Waals surface area contributed by atoms with E-state index in [-0.39, 0.29) is 17.5 Å². The third-order valence-electron chi connectivity index (χ3n) is 3.22. The molecule has 0 radical (unpaired) electrons. The standard InChI is InChI=1S/C12H16N2O4/c15-11-3-5-13(6-4-11)8-9-7-10(14(17)18)1-2-12(9)16/h1-2,7,11,15-16H,3-6,8H2. The molecule has 98 valence electrons. The molecule has 6 nitrogen and oxygen atoms in total. The maximum absolute atomic E-state index is 10.7. The van der Waals surface area contributed by atoms with E-state index >= 15 is 0 Å². The zero-order valence-corrected chi connectivity index (χ0v) is 9.95. The van der Waals surface area contributed by atoms with E-state index in [2.05, 4.69) is 4.90 Å². The minimum Gasteiger partial charge on any atom is -0.508 e. The first-order valence-corrected chi connectivity index (χ1v) is 5.93. The molecule has 0 aliphatic carbocycles. The Bertz CT molecular complexity index is 442. The first-order valence-electron chi connectivity index (χ1n) is 5.93. The molecule has 1 saturated heterocycles. The monoisotopic (exact) mass is 252 g/mol. The first-order chi connectivity index (χ1) is 8.56. The van der Waals surface area contributed by atoms with Gasteiger partial charge in [-0.1, -0.05) is 0 Å². The maximum atomic E-state index is 10.7. The highest BCUT2D eigenvalue weighted by Gasteiger charge is 2.19. The number of nitro groups is 1. The number of aliphatic hydroxyl groups is 1. The lowest BCUT2D eigenvalue weighted by Gasteiger charge is -2.29. The molecule has 0 bridgehead atoms. The van der Waals surface area contributed by atoms with Crippen molar-refractivity contribution < 1.29 is 15.1 Å². The lowest BCUT2D eigenvalue weighted by Crippen LogP contribution is -2.35. The number of hydrogen-bond acceptors (Lipinski definition) is 5. The van der Waals surface area contributed by atoms with Crippen LogP contribution < -0.4 is 0 Å². The molecule has 1 heterocycles. The fraction of sp³-hybridized carbons (Fsp3) is 0.500. The summed E-state index contributed by atoms with van der Waals surface area (Å²) in [7, 11) is 0. The zero-order chi connectivity index (χ0) is 13.1. The van der Waals surface area contributed by atoms with Gasteiger partial charge in [0.25, 0.3) is 5.69 Å². The van der Waals surface area contributed by atoms with Crippen LogP contribution in [0.25, 0.3) is 0 Å². The highest BCUT2D eigenvalue weighted by atomic mass is 16.6. The fourth-order valence-electron chi connectivity index (χ4n) is 2.13. The van der Waals surface area contributed by atoms with Crippen molar-refractivity contribution in [3.63, 3.8) is 0 Å². The first kappa shape index (κ1) is 12.8. The Morgan fingerprint density at radius 2 is 2.06 bits per heavy atom. The van der Waals surface area contributed by atoms with Crippen molar-refractivity contribution in [3.8, 4) is 5.75 Å². The van der Waals surface area contributed by atoms with Crippen LogP contribution in [0.4, 0.5) is 5.69 Å². The second-order valence-electron chi connectivity index (χ2n) is 4.58.